The molecule has 0 unspecified atom stereocenters. The highest BCUT2D eigenvalue weighted by Gasteiger charge is 2.30. The average Bonchev–Trinajstić information content (AvgIpc) is 3.03. The van der Waals surface area contributed by atoms with E-state index in [2.05, 4.69) is 9.94 Å². The molecule has 2 aromatic rings. The van der Waals surface area contributed by atoms with Crippen molar-refractivity contribution < 1.29 is 14.3 Å². The van der Waals surface area contributed by atoms with Gasteiger partial charge in [-0.15, -0.1) is 0 Å². The van der Waals surface area contributed by atoms with Crippen molar-refractivity contribution in [3.8, 4) is 11.6 Å². The van der Waals surface area contributed by atoms with Gasteiger partial charge in [0.2, 0.25) is 5.88 Å². The highest BCUT2D eigenvalue weighted by atomic mass is 16.5. The zero-order valence-electron chi connectivity index (χ0n) is 13.6. The van der Waals surface area contributed by atoms with Crippen molar-refractivity contribution >= 4 is 17.3 Å². The summed E-state index contributed by atoms with van der Waals surface area (Å²) in [4.78, 5) is 14.9. The SMILES string of the molecule is [C-]#[N+]c1c(OC)c2n(C)c(C3CCCCC3)nn2c1OC(C)=O. The normalized spacial score (nSPS) is 15.6. The number of ether oxygens (including phenoxy) is 2. The van der Waals surface area contributed by atoms with Gasteiger partial charge in [0.25, 0.3) is 5.69 Å². The number of rotatable bonds is 3. The fourth-order valence-electron chi connectivity index (χ4n) is 3.39. The number of hydrogen-bond donors (Lipinski definition) is 0. The predicted molar refractivity (Wildman–Crippen MR) is 84.1 cm³/mol. The lowest BCUT2D eigenvalue weighted by Gasteiger charge is -2.20. The molecular formula is C16H20N4O3. The molecule has 0 N–H and O–H groups in total. The number of esters is 1. The number of fused-ring (bicyclic) bond motifs is 1. The molecule has 1 fully saturated rings. The molecule has 1 aliphatic rings. The van der Waals surface area contributed by atoms with Gasteiger partial charge in [0.1, 0.15) is 5.82 Å². The molecule has 0 aliphatic heterocycles. The van der Waals surface area contributed by atoms with Crippen LogP contribution in [-0.4, -0.2) is 27.3 Å². The van der Waals surface area contributed by atoms with Gasteiger partial charge in [-0.25, -0.2) is 4.85 Å². The molecule has 0 amide bonds. The van der Waals surface area contributed by atoms with Crippen LogP contribution in [0.25, 0.3) is 10.5 Å². The van der Waals surface area contributed by atoms with Crippen LogP contribution in [0.2, 0.25) is 0 Å². The summed E-state index contributed by atoms with van der Waals surface area (Å²) in [6.07, 6.45) is 5.88. The Morgan fingerprint density at radius 2 is 2.04 bits per heavy atom. The molecule has 7 nitrogen and oxygen atoms in total. The van der Waals surface area contributed by atoms with Gasteiger partial charge in [-0.3, -0.25) is 4.79 Å². The van der Waals surface area contributed by atoms with Crippen LogP contribution in [0.15, 0.2) is 0 Å². The smallest absolute Gasteiger partial charge is 0.308 e. The van der Waals surface area contributed by atoms with E-state index in [0.29, 0.717) is 17.3 Å². The van der Waals surface area contributed by atoms with Crippen LogP contribution in [0.1, 0.15) is 50.8 Å². The van der Waals surface area contributed by atoms with Crippen LogP contribution in [0.3, 0.4) is 0 Å². The summed E-state index contributed by atoms with van der Waals surface area (Å²) in [5.41, 5.74) is 0.825. The Balaban J connectivity index is 2.20. The molecular weight excluding hydrogens is 296 g/mol. The molecule has 0 aromatic carbocycles. The molecule has 3 rings (SSSR count). The minimum Gasteiger partial charge on any atom is -0.504 e. The molecule has 1 aliphatic carbocycles. The Morgan fingerprint density at radius 3 is 2.61 bits per heavy atom. The topological polar surface area (TPSA) is 62.1 Å². The van der Waals surface area contributed by atoms with E-state index in [4.69, 9.17) is 16.0 Å². The fourth-order valence-corrected chi connectivity index (χ4v) is 3.39. The van der Waals surface area contributed by atoms with Crippen molar-refractivity contribution in [3.05, 3.63) is 17.2 Å². The number of hydrogen-bond acceptors (Lipinski definition) is 4. The molecule has 1 saturated carbocycles. The van der Waals surface area contributed by atoms with Crippen LogP contribution in [0, 0.1) is 6.57 Å². The van der Waals surface area contributed by atoms with E-state index in [-0.39, 0.29) is 11.6 Å². The summed E-state index contributed by atoms with van der Waals surface area (Å²) < 4.78 is 14.1. The third-order valence-electron chi connectivity index (χ3n) is 4.40. The van der Waals surface area contributed by atoms with E-state index >= 15 is 0 Å². The Morgan fingerprint density at radius 1 is 1.35 bits per heavy atom. The second-order valence-electron chi connectivity index (χ2n) is 5.88. The van der Waals surface area contributed by atoms with E-state index in [1.807, 2.05) is 11.6 Å². The largest absolute Gasteiger partial charge is 0.504 e. The van der Waals surface area contributed by atoms with Crippen molar-refractivity contribution in [2.45, 2.75) is 44.9 Å². The third kappa shape index (κ3) is 2.44. The lowest BCUT2D eigenvalue weighted by molar-refractivity contribution is -0.132. The Hall–Kier alpha value is -2.49. The summed E-state index contributed by atoms with van der Waals surface area (Å²) in [5.74, 6) is 1.38. The zero-order chi connectivity index (χ0) is 16.6. The predicted octanol–water partition coefficient (Wildman–Crippen LogP) is 3.21. The maximum Gasteiger partial charge on any atom is 0.308 e. The molecule has 2 aromatic heterocycles. The lowest BCUT2D eigenvalue weighted by atomic mass is 9.89. The minimum atomic E-state index is -0.484. The first-order valence-electron chi connectivity index (χ1n) is 7.79. The Kier molecular flexibility index (Phi) is 3.99. The molecule has 0 radical (unpaired) electrons. The third-order valence-corrected chi connectivity index (χ3v) is 4.40. The summed E-state index contributed by atoms with van der Waals surface area (Å²) in [6, 6.07) is 0. The van der Waals surface area contributed by atoms with E-state index < -0.39 is 5.97 Å². The van der Waals surface area contributed by atoms with Crippen molar-refractivity contribution in [1.82, 2.24) is 14.2 Å². The highest BCUT2D eigenvalue weighted by molar-refractivity contribution is 5.82. The van der Waals surface area contributed by atoms with Crippen LogP contribution in [-0.2, 0) is 11.8 Å². The maximum absolute atomic E-state index is 11.4. The molecule has 23 heavy (non-hydrogen) atoms. The number of nitrogens with zero attached hydrogens (tertiary/aromatic N) is 4. The number of aryl methyl sites for hydroxylation is 1. The van der Waals surface area contributed by atoms with Gasteiger partial charge in [0.15, 0.2) is 11.4 Å². The van der Waals surface area contributed by atoms with Gasteiger partial charge in [0, 0.05) is 19.9 Å². The zero-order valence-corrected chi connectivity index (χ0v) is 13.6. The molecule has 0 spiro atoms. The van der Waals surface area contributed by atoms with Crippen LogP contribution in [0.5, 0.6) is 11.6 Å². The monoisotopic (exact) mass is 316 g/mol. The summed E-state index contributed by atoms with van der Waals surface area (Å²) in [5, 5.41) is 4.65. The van der Waals surface area contributed by atoms with Crippen LogP contribution in [0.4, 0.5) is 5.69 Å². The van der Waals surface area contributed by atoms with Gasteiger partial charge >= 0.3 is 5.97 Å². The Labute approximate surface area is 134 Å². The number of aromatic nitrogens is 3. The summed E-state index contributed by atoms with van der Waals surface area (Å²) in [7, 11) is 3.43. The Bertz CT molecular complexity index is 791. The van der Waals surface area contributed by atoms with E-state index in [1.54, 1.807) is 0 Å². The van der Waals surface area contributed by atoms with E-state index in [0.717, 1.165) is 18.7 Å². The lowest BCUT2D eigenvalue weighted by Crippen LogP contribution is -2.10. The van der Waals surface area contributed by atoms with Gasteiger partial charge < -0.3 is 14.0 Å². The number of carbonyl (C=O) groups excluding carboxylic acids is 1. The second-order valence-corrected chi connectivity index (χ2v) is 5.88. The minimum absolute atomic E-state index is 0.136. The molecule has 122 valence electrons. The van der Waals surface area contributed by atoms with Crippen molar-refractivity contribution in [2.24, 2.45) is 7.05 Å². The van der Waals surface area contributed by atoms with Gasteiger partial charge in [-0.1, -0.05) is 19.3 Å². The standard InChI is InChI=1S/C16H20N4O3/c1-10(21)23-16-12(17-2)13(22-4)15-19(3)14(18-20(15)16)11-8-6-5-7-9-11/h11H,5-9H2,1,3-4H3. The number of methoxy groups -OCH3 is 1. The number of carbonyl (C=O) groups is 1. The van der Waals surface area contributed by atoms with Crippen molar-refractivity contribution in [3.63, 3.8) is 0 Å². The van der Waals surface area contributed by atoms with Gasteiger partial charge in [-0.2, -0.15) is 9.61 Å². The van der Waals surface area contributed by atoms with E-state index in [9.17, 15) is 4.79 Å². The molecule has 0 atom stereocenters. The molecule has 0 saturated heterocycles. The summed E-state index contributed by atoms with van der Waals surface area (Å²) in [6.45, 7) is 8.68. The van der Waals surface area contributed by atoms with Gasteiger partial charge in [-0.05, 0) is 12.8 Å². The van der Waals surface area contributed by atoms with Crippen molar-refractivity contribution in [2.75, 3.05) is 7.11 Å². The summed E-state index contributed by atoms with van der Waals surface area (Å²) >= 11 is 0. The van der Waals surface area contributed by atoms with Crippen molar-refractivity contribution in [1.29, 1.82) is 0 Å². The van der Waals surface area contributed by atoms with Crippen LogP contribution >= 0.6 is 0 Å². The van der Waals surface area contributed by atoms with Crippen LogP contribution < -0.4 is 9.47 Å². The van der Waals surface area contributed by atoms with E-state index in [1.165, 1.54) is 37.8 Å². The maximum atomic E-state index is 11.4. The first-order valence-corrected chi connectivity index (χ1v) is 7.79. The quantitative estimate of drug-likeness (QED) is 0.644. The average molecular weight is 316 g/mol. The molecule has 0 bridgehead atoms. The first-order chi connectivity index (χ1) is 11.1. The fraction of sp³-hybridized carbons (Fsp3) is 0.562. The molecule has 7 heteroatoms. The highest BCUT2D eigenvalue weighted by Crippen LogP contribution is 2.45. The van der Waals surface area contributed by atoms with Gasteiger partial charge in [0.05, 0.1) is 13.7 Å². The second kappa shape index (κ2) is 5.95. The molecule has 2 heterocycles. The first kappa shape index (κ1) is 15.4.